The number of fused-ring (bicyclic) bond motifs is 2. The average molecular weight is 353 g/mol. The van der Waals surface area contributed by atoms with Crippen molar-refractivity contribution < 1.29 is 9.90 Å². The van der Waals surface area contributed by atoms with Crippen molar-refractivity contribution in [3.05, 3.63) is 69.9 Å². The molecule has 0 aliphatic carbocycles. The zero-order valence-electron chi connectivity index (χ0n) is 13.8. The van der Waals surface area contributed by atoms with E-state index in [1.165, 1.54) is 17.3 Å². The van der Waals surface area contributed by atoms with E-state index in [2.05, 4.69) is 22.0 Å². The number of hydrogen-bond acceptors (Lipinski definition) is 3. The van der Waals surface area contributed by atoms with E-state index in [9.17, 15) is 9.90 Å². The summed E-state index contributed by atoms with van der Waals surface area (Å²) in [4.78, 5) is 18.3. The molecule has 5 heteroatoms. The molecule has 0 bridgehead atoms. The summed E-state index contributed by atoms with van der Waals surface area (Å²) in [5.74, 6) is -0.962. The Morgan fingerprint density at radius 1 is 1.20 bits per heavy atom. The Balaban J connectivity index is 1.92. The number of nitrogens with zero attached hydrogens (tertiary/aromatic N) is 2. The van der Waals surface area contributed by atoms with Crippen LogP contribution in [-0.2, 0) is 13.0 Å². The van der Waals surface area contributed by atoms with Crippen LogP contribution in [0.2, 0.25) is 5.02 Å². The highest BCUT2D eigenvalue weighted by molar-refractivity contribution is 6.32. The van der Waals surface area contributed by atoms with Gasteiger partial charge in [-0.05, 0) is 42.2 Å². The summed E-state index contributed by atoms with van der Waals surface area (Å²) in [5.41, 5.74) is 5.15. The molecule has 0 saturated carbocycles. The lowest BCUT2D eigenvalue weighted by Gasteiger charge is -2.32. The lowest BCUT2D eigenvalue weighted by Crippen LogP contribution is -2.31. The molecule has 3 aromatic rings. The van der Waals surface area contributed by atoms with Gasteiger partial charge < -0.3 is 10.0 Å². The Morgan fingerprint density at radius 3 is 2.72 bits per heavy atom. The number of benzene rings is 2. The molecule has 1 N–H and O–H groups in total. The average Bonchev–Trinajstić information content (AvgIpc) is 2.63. The van der Waals surface area contributed by atoms with E-state index in [0.29, 0.717) is 11.6 Å². The summed E-state index contributed by atoms with van der Waals surface area (Å²) in [6.45, 7) is 3.38. The third-order valence-electron chi connectivity index (χ3n) is 4.88. The van der Waals surface area contributed by atoms with E-state index in [4.69, 9.17) is 11.6 Å². The minimum atomic E-state index is -0.962. The molecule has 0 unspecified atom stereocenters. The van der Waals surface area contributed by atoms with Crippen molar-refractivity contribution in [1.82, 2.24) is 4.98 Å². The summed E-state index contributed by atoms with van der Waals surface area (Å²) in [6.07, 6.45) is 2.34. The first-order valence-electron chi connectivity index (χ1n) is 8.19. The fourth-order valence-corrected chi connectivity index (χ4v) is 3.70. The molecule has 0 spiro atoms. The number of rotatable bonds is 2. The number of carboxylic acid groups (broad SMARTS) is 1. The first-order valence-corrected chi connectivity index (χ1v) is 8.57. The van der Waals surface area contributed by atoms with Crippen molar-refractivity contribution >= 4 is 34.2 Å². The quantitative estimate of drug-likeness (QED) is 0.740. The number of halogens is 1. The standard InChI is InChI=1S/C20H17ClN2O2/c1-12-17(21)7-6-15-18(12)22-10-16(20(24)25)19(15)23-9-8-13-4-2-3-5-14(13)11-23/h2-7,10H,8-9,11H2,1H3,(H,24,25). The predicted molar refractivity (Wildman–Crippen MR) is 99.6 cm³/mol. The molecule has 4 rings (SSSR count). The van der Waals surface area contributed by atoms with E-state index in [0.717, 1.165) is 35.1 Å². The zero-order valence-corrected chi connectivity index (χ0v) is 14.5. The second-order valence-corrected chi connectivity index (χ2v) is 6.74. The molecule has 0 amide bonds. The van der Waals surface area contributed by atoms with Crippen molar-refractivity contribution in [2.45, 2.75) is 19.9 Å². The van der Waals surface area contributed by atoms with Crippen LogP contribution in [0, 0.1) is 6.92 Å². The number of aromatic nitrogens is 1. The second kappa shape index (κ2) is 6.05. The summed E-state index contributed by atoms with van der Waals surface area (Å²) in [6, 6.07) is 12.0. The van der Waals surface area contributed by atoms with E-state index in [-0.39, 0.29) is 5.56 Å². The number of pyridine rings is 1. The Labute approximate surface area is 150 Å². The van der Waals surface area contributed by atoms with Gasteiger partial charge in [-0.1, -0.05) is 35.9 Å². The number of carboxylic acids is 1. The lowest BCUT2D eigenvalue weighted by molar-refractivity contribution is 0.0697. The van der Waals surface area contributed by atoms with E-state index >= 15 is 0 Å². The van der Waals surface area contributed by atoms with E-state index < -0.39 is 5.97 Å². The van der Waals surface area contributed by atoms with Crippen LogP contribution in [0.1, 0.15) is 27.0 Å². The minimum Gasteiger partial charge on any atom is -0.478 e. The first-order chi connectivity index (χ1) is 12.1. The SMILES string of the molecule is Cc1c(Cl)ccc2c(N3CCc4ccccc4C3)c(C(=O)O)cnc12. The number of aryl methyl sites for hydroxylation is 1. The van der Waals surface area contributed by atoms with Crippen molar-refractivity contribution in [3.63, 3.8) is 0 Å². The maximum Gasteiger partial charge on any atom is 0.339 e. The largest absolute Gasteiger partial charge is 0.478 e. The van der Waals surface area contributed by atoms with Gasteiger partial charge in [0.1, 0.15) is 5.56 Å². The van der Waals surface area contributed by atoms with Crippen molar-refractivity contribution in [2.75, 3.05) is 11.4 Å². The lowest BCUT2D eigenvalue weighted by atomic mass is 9.97. The molecule has 2 heterocycles. The van der Waals surface area contributed by atoms with Gasteiger partial charge in [-0.2, -0.15) is 0 Å². The van der Waals surface area contributed by atoms with Gasteiger partial charge in [-0.3, -0.25) is 4.98 Å². The van der Waals surface area contributed by atoms with Crippen molar-refractivity contribution in [3.8, 4) is 0 Å². The van der Waals surface area contributed by atoms with E-state index in [1.54, 1.807) is 0 Å². The Morgan fingerprint density at radius 2 is 1.96 bits per heavy atom. The zero-order chi connectivity index (χ0) is 17.6. The van der Waals surface area contributed by atoms with Crippen LogP contribution < -0.4 is 4.90 Å². The number of hydrogen-bond donors (Lipinski definition) is 1. The normalized spacial score (nSPS) is 13.8. The van der Waals surface area contributed by atoms with Crippen LogP contribution in [0.3, 0.4) is 0 Å². The molecule has 0 fully saturated rings. The highest BCUT2D eigenvalue weighted by Crippen LogP contribution is 2.36. The fourth-order valence-electron chi connectivity index (χ4n) is 3.55. The Hall–Kier alpha value is -2.59. The Bertz CT molecular complexity index is 1000. The highest BCUT2D eigenvalue weighted by Gasteiger charge is 2.24. The minimum absolute atomic E-state index is 0.230. The molecule has 1 aliphatic heterocycles. The van der Waals surface area contributed by atoms with Gasteiger partial charge in [0.2, 0.25) is 0 Å². The van der Waals surface area contributed by atoms with Crippen LogP contribution in [0.25, 0.3) is 10.9 Å². The Kier molecular flexibility index (Phi) is 3.85. The molecule has 0 radical (unpaired) electrons. The van der Waals surface area contributed by atoms with Crippen molar-refractivity contribution in [2.24, 2.45) is 0 Å². The number of aromatic carboxylic acids is 1. The molecular formula is C20H17ClN2O2. The smallest absolute Gasteiger partial charge is 0.339 e. The summed E-state index contributed by atoms with van der Waals surface area (Å²) in [5, 5.41) is 11.2. The molecule has 2 aromatic carbocycles. The fraction of sp³-hybridized carbons (Fsp3) is 0.200. The van der Waals surface area contributed by atoms with Crippen LogP contribution >= 0.6 is 11.6 Å². The summed E-state index contributed by atoms with van der Waals surface area (Å²) in [7, 11) is 0. The molecule has 25 heavy (non-hydrogen) atoms. The van der Waals surface area contributed by atoms with E-state index in [1.807, 2.05) is 31.2 Å². The van der Waals surface area contributed by atoms with Gasteiger partial charge in [-0.25, -0.2) is 4.79 Å². The van der Waals surface area contributed by atoms with Gasteiger partial charge >= 0.3 is 5.97 Å². The van der Waals surface area contributed by atoms with Crippen LogP contribution in [0.5, 0.6) is 0 Å². The molecule has 1 aromatic heterocycles. The highest BCUT2D eigenvalue weighted by atomic mass is 35.5. The second-order valence-electron chi connectivity index (χ2n) is 6.33. The van der Waals surface area contributed by atoms with Crippen LogP contribution in [0.15, 0.2) is 42.6 Å². The third-order valence-corrected chi connectivity index (χ3v) is 5.28. The predicted octanol–water partition coefficient (Wildman–Crippen LogP) is 4.46. The maximum atomic E-state index is 11.8. The third kappa shape index (κ3) is 2.63. The summed E-state index contributed by atoms with van der Waals surface area (Å²) >= 11 is 6.23. The monoisotopic (exact) mass is 352 g/mol. The molecule has 0 saturated heterocycles. The van der Waals surface area contributed by atoms with Gasteiger partial charge in [0.05, 0.1) is 11.2 Å². The molecular weight excluding hydrogens is 336 g/mol. The number of anilines is 1. The molecule has 126 valence electrons. The number of carbonyl (C=O) groups is 1. The van der Waals surface area contributed by atoms with Crippen molar-refractivity contribution in [1.29, 1.82) is 0 Å². The van der Waals surface area contributed by atoms with Crippen LogP contribution in [0.4, 0.5) is 5.69 Å². The topological polar surface area (TPSA) is 53.4 Å². The van der Waals surface area contributed by atoms with Gasteiger partial charge in [0.15, 0.2) is 0 Å². The molecule has 1 aliphatic rings. The first kappa shape index (κ1) is 15.9. The molecule has 0 atom stereocenters. The van der Waals surface area contributed by atoms with Gasteiger partial charge in [-0.15, -0.1) is 0 Å². The van der Waals surface area contributed by atoms with Gasteiger partial charge in [0, 0.05) is 29.7 Å². The maximum absolute atomic E-state index is 11.8. The van der Waals surface area contributed by atoms with Gasteiger partial charge in [0.25, 0.3) is 0 Å². The molecule has 4 nitrogen and oxygen atoms in total. The summed E-state index contributed by atoms with van der Waals surface area (Å²) < 4.78 is 0. The van der Waals surface area contributed by atoms with Crippen LogP contribution in [-0.4, -0.2) is 22.6 Å².